The van der Waals surface area contributed by atoms with Gasteiger partial charge in [-0.2, -0.15) is 0 Å². The zero-order chi connectivity index (χ0) is 13.8. The van der Waals surface area contributed by atoms with Gasteiger partial charge in [-0.15, -0.1) is 24.0 Å². The van der Waals surface area contributed by atoms with E-state index in [0.29, 0.717) is 12.5 Å². The lowest BCUT2D eigenvalue weighted by Gasteiger charge is -2.12. The molecule has 0 bridgehead atoms. The molecule has 0 heterocycles. The summed E-state index contributed by atoms with van der Waals surface area (Å²) in [7, 11) is 0. The summed E-state index contributed by atoms with van der Waals surface area (Å²) < 4.78 is 0. The number of aliphatic hydroxyl groups excluding tert-OH is 1. The van der Waals surface area contributed by atoms with Crippen molar-refractivity contribution in [3.05, 3.63) is 29.3 Å². The molecular weight excluding hydrogens is 365 g/mol. The van der Waals surface area contributed by atoms with Gasteiger partial charge in [0.15, 0.2) is 5.96 Å². The third-order valence-electron chi connectivity index (χ3n) is 3.61. The molecule has 0 saturated heterocycles. The molecule has 112 valence electrons. The van der Waals surface area contributed by atoms with Gasteiger partial charge in [0.2, 0.25) is 0 Å². The number of nitrogens with zero attached hydrogens (tertiary/aromatic N) is 1. The van der Waals surface area contributed by atoms with Crippen molar-refractivity contribution in [3.63, 3.8) is 0 Å². The van der Waals surface area contributed by atoms with Crippen molar-refractivity contribution in [1.29, 1.82) is 0 Å². The third-order valence-corrected chi connectivity index (χ3v) is 3.61. The maximum absolute atomic E-state index is 9.73. The number of halogens is 1. The molecule has 1 aliphatic carbocycles. The normalized spacial score (nSPS) is 22.4. The number of hydrogen-bond donors (Lipinski definition) is 3. The Morgan fingerprint density at radius 3 is 2.50 bits per heavy atom. The molecule has 1 saturated carbocycles. The quantitative estimate of drug-likeness (QED) is 0.423. The number of benzene rings is 1. The minimum atomic E-state index is -0.210. The number of hydrogen-bond acceptors (Lipinski definition) is 2. The summed E-state index contributed by atoms with van der Waals surface area (Å²) >= 11 is 0. The van der Waals surface area contributed by atoms with Crippen molar-refractivity contribution in [3.8, 4) is 0 Å². The summed E-state index contributed by atoms with van der Waals surface area (Å²) in [4.78, 5) is 4.33. The van der Waals surface area contributed by atoms with Gasteiger partial charge in [0.05, 0.1) is 6.10 Å². The molecule has 1 aromatic rings. The number of aliphatic hydroxyl groups is 1. The third kappa shape index (κ3) is 4.94. The summed E-state index contributed by atoms with van der Waals surface area (Å²) in [6, 6.07) is 6.20. The van der Waals surface area contributed by atoms with Gasteiger partial charge in [0.25, 0.3) is 0 Å². The lowest BCUT2D eigenvalue weighted by molar-refractivity contribution is 0.137. The van der Waals surface area contributed by atoms with Crippen LogP contribution < -0.4 is 11.1 Å². The van der Waals surface area contributed by atoms with Gasteiger partial charge >= 0.3 is 0 Å². The minimum Gasteiger partial charge on any atom is -0.393 e. The van der Waals surface area contributed by atoms with Crippen molar-refractivity contribution < 1.29 is 5.11 Å². The van der Waals surface area contributed by atoms with E-state index in [0.717, 1.165) is 24.9 Å². The van der Waals surface area contributed by atoms with Crippen LogP contribution in [-0.2, 0) is 0 Å². The first-order valence-electron chi connectivity index (χ1n) is 6.88. The highest BCUT2D eigenvalue weighted by Crippen LogP contribution is 2.25. The van der Waals surface area contributed by atoms with Crippen molar-refractivity contribution >= 4 is 35.6 Å². The lowest BCUT2D eigenvalue weighted by atomic mass is 10.1. The minimum absolute atomic E-state index is 0. The molecule has 0 aliphatic heterocycles. The monoisotopic (exact) mass is 389 g/mol. The molecule has 2 rings (SSSR count). The number of nitrogens with two attached hydrogens (primary N) is 1. The Kier molecular flexibility index (Phi) is 6.75. The molecule has 0 aromatic heterocycles. The van der Waals surface area contributed by atoms with Crippen molar-refractivity contribution in [1.82, 2.24) is 0 Å². The van der Waals surface area contributed by atoms with Gasteiger partial charge in [-0.3, -0.25) is 4.99 Å². The van der Waals surface area contributed by atoms with Gasteiger partial charge in [-0.05, 0) is 49.9 Å². The van der Waals surface area contributed by atoms with Gasteiger partial charge in [-0.1, -0.05) is 12.5 Å². The number of aliphatic imine (C=N–C) groups is 1. The van der Waals surface area contributed by atoms with Gasteiger partial charge in [0.1, 0.15) is 0 Å². The molecule has 0 amide bonds. The van der Waals surface area contributed by atoms with Crippen LogP contribution in [0.15, 0.2) is 23.2 Å². The Bertz CT molecular complexity index is 456. The van der Waals surface area contributed by atoms with E-state index in [1.54, 1.807) is 0 Å². The van der Waals surface area contributed by atoms with Crippen LogP contribution in [0.2, 0.25) is 0 Å². The standard InChI is InChI=1S/C15H23N3O.HI/c1-10-6-11(2)8-13(7-10)18-15(16)17-9-12-4-3-5-14(12)19;/h6-8,12,14,19H,3-5,9H2,1-2H3,(H3,16,17,18);1H. The molecule has 4 N–H and O–H groups in total. The van der Waals surface area contributed by atoms with Crippen LogP contribution in [0.4, 0.5) is 5.69 Å². The first-order chi connectivity index (χ1) is 9.04. The van der Waals surface area contributed by atoms with Crippen molar-refractivity contribution in [2.45, 2.75) is 39.2 Å². The van der Waals surface area contributed by atoms with Crippen LogP contribution in [0.3, 0.4) is 0 Å². The van der Waals surface area contributed by atoms with E-state index in [1.807, 2.05) is 12.1 Å². The Morgan fingerprint density at radius 1 is 1.30 bits per heavy atom. The van der Waals surface area contributed by atoms with Crippen LogP contribution in [0.25, 0.3) is 0 Å². The number of nitrogens with one attached hydrogen (secondary N) is 1. The van der Waals surface area contributed by atoms with Crippen LogP contribution in [0, 0.1) is 19.8 Å². The number of guanidine groups is 1. The van der Waals surface area contributed by atoms with Gasteiger partial charge in [-0.25, -0.2) is 0 Å². The van der Waals surface area contributed by atoms with E-state index in [9.17, 15) is 5.11 Å². The maximum atomic E-state index is 9.73. The summed E-state index contributed by atoms with van der Waals surface area (Å²) in [5.74, 6) is 0.684. The zero-order valence-corrected chi connectivity index (χ0v) is 14.4. The lowest BCUT2D eigenvalue weighted by Crippen LogP contribution is -2.25. The highest BCUT2D eigenvalue weighted by atomic mass is 127. The summed E-state index contributed by atoms with van der Waals surface area (Å²) in [6.45, 7) is 4.71. The Balaban J connectivity index is 0.00000200. The second-order valence-corrected chi connectivity index (χ2v) is 5.49. The van der Waals surface area contributed by atoms with E-state index in [1.165, 1.54) is 11.1 Å². The van der Waals surface area contributed by atoms with E-state index in [-0.39, 0.29) is 36.0 Å². The summed E-state index contributed by atoms with van der Waals surface area (Å²) in [5, 5.41) is 12.8. The Morgan fingerprint density at radius 2 is 1.95 bits per heavy atom. The van der Waals surface area contributed by atoms with Crippen LogP contribution in [-0.4, -0.2) is 23.7 Å². The topological polar surface area (TPSA) is 70.6 Å². The predicted octanol–water partition coefficient (Wildman–Crippen LogP) is 2.81. The molecule has 2 atom stereocenters. The van der Waals surface area contributed by atoms with Crippen molar-refractivity contribution in [2.24, 2.45) is 16.6 Å². The first kappa shape index (κ1) is 17.2. The highest BCUT2D eigenvalue weighted by Gasteiger charge is 2.24. The molecule has 4 nitrogen and oxygen atoms in total. The smallest absolute Gasteiger partial charge is 0.193 e. The average molecular weight is 389 g/mol. The van der Waals surface area contributed by atoms with E-state index in [2.05, 4.69) is 30.2 Å². The van der Waals surface area contributed by atoms with Crippen molar-refractivity contribution in [2.75, 3.05) is 11.9 Å². The van der Waals surface area contributed by atoms with Crippen LogP contribution in [0.5, 0.6) is 0 Å². The zero-order valence-electron chi connectivity index (χ0n) is 12.1. The van der Waals surface area contributed by atoms with Gasteiger partial charge < -0.3 is 16.2 Å². The SMILES string of the molecule is Cc1cc(C)cc(NC(N)=NCC2CCCC2O)c1.I. The molecule has 5 heteroatoms. The van der Waals surface area contributed by atoms with Crippen LogP contribution in [0.1, 0.15) is 30.4 Å². The molecule has 0 radical (unpaired) electrons. The predicted molar refractivity (Wildman–Crippen MR) is 94.8 cm³/mol. The number of rotatable bonds is 3. The second kappa shape index (κ2) is 7.83. The Hall–Kier alpha value is -0.820. The average Bonchev–Trinajstić information content (AvgIpc) is 2.71. The number of anilines is 1. The summed E-state index contributed by atoms with van der Waals surface area (Å²) in [6.07, 6.45) is 2.82. The van der Waals surface area contributed by atoms with E-state index in [4.69, 9.17) is 5.73 Å². The molecule has 1 fully saturated rings. The molecule has 1 aromatic carbocycles. The first-order valence-corrected chi connectivity index (χ1v) is 6.88. The molecule has 20 heavy (non-hydrogen) atoms. The molecule has 2 unspecified atom stereocenters. The molecule has 1 aliphatic rings. The van der Waals surface area contributed by atoms with E-state index < -0.39 is 0 Å². The van der Waals surface area contributed by atoms with E-state index >= 15 is 0 Å². The molecular formula is C15H24IN3O. The fourth-order valence-corrected chi connectivity index (χ4v) is 2.68. The Labute approximate surface area is 137 Å². The number of aryl methyl sites for hydroxylation is 2. The maximum Gasteiger partial charge on any atom is 0.193 e. The fraction of sp³-hybridized carbons (Fsp3) is 0.533. The van der Waals surface area contributed by atoms with Gasteiger partial charge in [0, 0.05) is 18.2 Å². The second-order valence-electron chi connectivity index (χ2n) is 5.49. The fourth-order valence-electron chi connectivity index (χ4n) is 2.68. The van der Waals surface area contributed by atoms with Crippen LogP contribution >= 0.6 is 24.0 Å². The molecule has 0 spiro atoms. The highest BCUT2D eigenvalue weighted by molar-refractivity contribution is 14.0. The summed E-state index contributed by atoms with van der Waals surface area (Å²) in [5.41, 5.74) is 9.24. The largest absolute Gasteiger partial charge is 0.393 e.